The third-order valence-corrected chi connectivity index (χ3v) is 3.27. The zero-order chi connectivity index (χ0) is 13.5. The van der Waals surface area contributed by atoms with Crippen LogP contribution in [0.3, 0.4) is 0 Å². The van der Waals surface area contributed by atoms with Gasteiger partial charge in [-0.05, 0) is 37.4 Å². The van der Waals surface area contributed by atoms with Gasteiger partial charge in [0, 0.05) is 6.04 Å². The molecule has 1 N–H and O–H groups in total. The van der Waals surface area contributed by atoms with Crippen LogP contribution in [0.25, 0.3) is 0 Å². The normalized spacial score (nSPS) is 12.7. The number of rotatable bonds is 7. The number of carboxylic acids is 1. The van der Waals surface area contributed by atoms with E-state index in [2.05, 4.69) is 45.0 Å². The molecule has 0 aliphatic heterocycles. The second-order valence-electron chi connectivity index (χ2n) is 4.64. The van der Waals surface area contributed by atoms with E-state index >= 15 is 0 Å². The van der Waals surface area contributed by atoms with Gasteiger partial charge in [-0.15, -0.1) is 0 Å². The van der Waals surface area contributed by atoms with Crippen LogP contribution in [-0.2, 0) is 11.2 Å². The lowest BCUT2D eigenvalue weighted by atomic mass is 10.0. The first-order chi connectivity index (χ1) is 8.58. The van der Waals surface area contributed by atoms with Crippen molar-refractivity contribution in [1.82, 2.24) is 4.90 Å². The van der Waals surface area contributed by atoms with E-state index in [1.54, 1.807) is 0 Å². The van der Waals surface area contributed by atoms with E-state index in [1.807, 2.05) is 4.90 Å². The average Bonchev–Trinajstić information content (AvgIpc) is 2.37. The zero-order valence-corrected chi connectivity index (χ0v) is 11.5. The van der Waals surface area contributed by atoms with E-state index in [0.717, 1.165) is 19.4 Å². The van der Waals surface area contributed by atoms with Crippen molar-refractivity contribution < 1.29 is 9.90 Å². The van der Waals surface area contributed by atoms with Crippen molar-refractivity contribution in [3.63, 3.8) is 0 Å². The van der Waals surface area contributed by atoms with Crippen LogP contribution in [0.15, 0.2) is 24.3 Å². The molecule has 1 unspecified atom stereocenters. The number of hydrogen-bond acceptors (Lipinski definition) is 2. The van der Waals surface area contributed by atoms with Crippen molar-refractivity contribution >= 4 is 5.97 Å². The molecule has 18 heavy (non-hydrogen) atoms. The SMILES string of the molecule is CCCN(CC(=O)O)C(C)c1ccc(CC)cc1. The summed E-state index contributed by atoms with van der Waals surface area (Å²) in [5, 5.41) is 8.95. The predicted octanol–water partition coefficient (Wildman–Crippen LogP) is 3.11. The van der Waals surface area contributed by atoms with Crippen molar-refractivity contribution in [2.75, 3.05) is 13.1 Å². The monoisotopic (exact) mass is 249 g/mol. The predicted molar refractivity (Wildman–Crippen MR) is 73.7 cm³/mol. The van der Waals surface area contributed by atoms with E-state index in [1.165, 1.54) is 11.1 Å². The molecule has 0 spiro atoms. The molecule has 0 radical (unpaired) electrons. The molecule has 0 heterocycles. The van der Waals surface area contributed by atoms with Gasteiger partial charge < -0.3 is 5.11 Å². The third-order valence-electron chi connectivity index (χ3n) is 3.27. The quantitative estimate of drug-likeness (QED) is 0.807. The minimum Gasteiger partial charge on any atom is -0.480 e. The number of carboxylic acid groups (broad SMARTS) is 1. The van der Waals surface area contributed by atoms with Gasteiger partial charge >= 0.3 is 5.97 Å². The second kappa shape index (κ2) is 7.17. The molecule has 0 fully saturated rings. The molecular formula is C15H23NO2. The first-order valence-corrected chi connectivity index (χ1v) is 6.63. The van der Waals surface area contributed by atoms with Crippen molar-refractivity contribution in [1.29, 1.82) is 0 Å². The highest BCUT2D eigenvalue weighted by atomic mass is 16.4. The van der Waals surface area contributed by atoms with Crippen LogP contribution in [-0.4, -0.2) is 29.1 Å². The Morgan fingerprint density at radius 3 is 2.33 bits per heavy atom. The van der Waals surface area contributed by atoms with Crippen molar-refractivity contribution in [2.45, 2.75) is 39.7 Å². The molecule has 1 aromatic carbocycles. The van der Waals surface area contributed by atoms with Gasteiger partial charge in [-0.2, -0.15) is 0 Å². The van der Waals surface area contributed by atoms with E-state index in [-0.39, 0.29) is 12.6 Å². The standard InChI is InChI=1S/C15H23NO2/c1-4-10-16(11-15(17)18)12(3)14-8-6-13(5-2)7-9-14/h6-9,12H,4-5,10-11H2,1-3H3,(H,17,18). The number of benzene rings is 1. The molecule has 1 aromatic rings. The van der Waals surface area contributed by atoms with Crippen LogP contribution < -0.4 is 0 Å². The van der Waals surface area contributed by atoms with E-state index in [9.17, 15) is 4.79 Å². The van der Waals surface area contributed by atoms with Gasteiger partial charge in [0.15, 0.2) is 0 Å². The molecule has 0 saturated heterocycles. The average molecular weight is 249 g/mol. The maximum Gasteiger partial charge on any atom is 0.317 e. The van der Waals surface area contributed by atoms with Gasteiger partial charge in [0.25, 0.3) is 0 Å². The van der Waals surface area contributed by atoms with Gasteiger partial charge in [-0.25, -0.2) is 0 Å². The minimum atomic E-state index is -0.763. The van der Waals surface area contributed by atoms with Gasteiger partial charge in [0.05, 0.1) is 6.54 Å². The minimum absolute atomic E-state index is 0.102. The molecule has 100 valence electrons. The summed E-state index contributed by atoms with van der Waals surface area (Å²) in [7, 11) is 0. The fraction of sp³-hybridized carbons (Fsp3) is 0.533. The fourth-order valence-electron chi connectivity index (χ4n) is 2.11. The molecule has 0 amide bonds. The maximum atomic E-state index is 10.9. The molecular weight excluding hydrogens is 226 g/mol. The van der Waals surface area contributed by atoms with Crippen LogP contribution in [0.1, 0.15) is 44.4 Å². The summed E-state index contributed by atoms with van der Waals surface area (Å²) in [6, 6.07) is 8.60. The Morgan fingerprint density at radius 1 is 1.28 bits per heavy atom. The summed E-state index contributed by atoms with van der Waals surface area (Å²) >= 11 is 0. The van der Waals surface area contributed by atoms with Crippen molar-refractivity contribution in [2.24, 2.45) is 0 Å². The lowest BCUT2D eigenvalue weighted by molar-refractivity contribution is -0.138. The smallest absolute Gasteiger partial charge is 0.317 e. The molecule has 3 nitrogen and oxygen atoms in total. The van der Waals surface area contributed by atoms with Gasteiger partial charge in [0.1, 0.15) is 0 Å². The third kappa shape index (κ3) is 4.15. The molecule has 0 aliphatic carbocycles. The topological polar surface area (TPSA) is 40.5 Å². The van der Waals surface area contributed by atoms with Crippen LogP contribution in [0.4, 0.5) is 0 Å². The summed E-state index contributed by atoms with van der Waals surface area (Å²) < 4.78 is 0. The Bertz CT molecular complexity index is 373. The molecule has 3 heteroatoms. The number of carbonyl (C=O) groups is 1. The van der Waals surface area contributed by atoms with Gasteiger partial charge in [-0.1, -0.05) is 38.1 Å². The summed E-state index contributed by atoms with van der Waals surface area (Å²) in [5.74, 6) is -0.763. The molecule has 0 bridgehead atoms. The summed E-state index contributed by atoms with van der Waals surface area (Å²) in [6.45, 7) is 7.18. The summed E-state index contributed by atoms with van der Waals surface area (Å²) in [4.78, 5) is 12.9. The van der Waals surface area contributed by atoms with Gasteiger partial charge in [0.2, 0.25) is 0 Å². The molecule has 0 saturated carbocycles. The van der Waals surface area contributed by atoms with Crippen molar-refractivity contribution in [3.05, 3.63) is 35.4 Å². The highest BCUT2D eigenvalue weighted by molar-refractivity contribution is 5.69. The van der Waals surface area contributed by atoms with Crippen LogP contribution in [0.5, 0.6) is 0 Å². The highest BCUT2D eigenvalue weighted by Gasteiger charge is 2.17. The Hall–Kier alpha value is -1.35. The van der Waals surface area contributed by atoms with Crippen LogP contribution in [0, 0.1) is 0 Å². The zero-order valence-electron chi connectivity index (χ0n) is 11.5. The lowest BCUT2D eigenvalue weighted by Crippen LogP contribution is -2.33. The first-order valence-electron chi connectivity index (χ1n) is 6.63. The second-order valence-corrected chi connectivity index (χ2v) is 4.64. The Morgan fingerprint density at radius 2 is 1.89 bits per heavy atom. The number of aryl methyl sites for hydroxylation is 1. The molecule has 1 atom stereocenters. The van der Waals surface area contributed by atoms with E-state index < -0.39 is 5.97 Å². The van der Waals surface area contributed by atoms with Gasteiger partial charge in [-0.3, -0.25) is 9.69 Å². The van der Waals surface area contributed by atoms with Crippen molar-refractivity contribution in [3.8, 4) is 0 Å². The molecule has 0 aromatic heterocycles. The van der Waals surface area contributed by atoms with E-state index in [0.29, 0.717) is 0 Å². The summed E-state index contributed by atoms with van der Waals surface area (Å²) in [6.07, 6.45) is 1.99. The Kier molecular flexibility index (Phi) is 5.86. The lowest BCUT2D eigenvalue weighted by Gasteiger charge is -2.27. The van der Waals surface area contributed by atoms with Crippen LogP contribution in [0.2, 0.25) is 0 Å². The number of nitrogens with zero attached hydrogens (tertiary/aromatic N) is 1. The number of hydrogen-bond donors (Lipinski definition) is 1. The maximum absolute atomic E-state index is 10.9. The molecule has 1 rings (SSSR count). The summed E-state index contributed by atoms with van der Waals surface area (Å²) in [5.41, 5.74) is 2.49. The first kappa shape index (κ1) is 14.7. The number of aliphatic carboxylic acids is 1. The largest absolute Gasteiger partial charge is 0.480 e. The van der Waals surface area contributed by atoms with E-state index in [4.69, 9.17) is 5.11 Å². The van der Waals surface area contributed by atoms with Crippen LogP contribution >= 0.6 is 0 Å². The highest BCUT2D eigenvalue weighted by Crippen LogP contribution is 2.20. The molecule has 0 aliphatic rings. The Balaban J connectivity index is 2.79. The fourth-order valence-corrected chi connectivity index (χ4v) is 2.11. The Labute approximate surface area is 109 Å².